The highest BCUT2D eigenvalue weighted by molar-refractivity contribution is 8.00. The summed E-state index contributed by atoms with van der Waals surface area (Å²) in [6.07, 6.45) is 1.18. The number of methoxy groups -OCH3 is 1. The second-order valence-corrected chi connectivity index (χ2v) is 9.71. The summed E-state index contributed by atoms with van der Waals surface area (Å²) in [7, 11) is 1.60. The van der Waals surface area contributed by atoms with E-state index in [1.54, 1.807) is 18.2 Å². The number of nitrogens with one attached hydrogen (secondary N) is 2. The van der Waals surface area contributed by atoms with Crippen LogP contribution in [0, 0.1) is 0 Å². The van der Waals surface area contributed by atoms with Crippen LogP contribution in [-0.4, -0.2) is 73.2 Å². The molecule has 0 radical (unpaired) electrons. The Balaban J connectivity index is 1.05. The molecule has 1 atom stereocenters. The second kappa shape index (κ2) is 8.90. The van der Waals surface area contributed by atoms with Crippen molar-refractivity contribution in [2.75, 3.05) is 54.2 Å². The van der Waals surface area contributed by atoms with Crippen LogP contribution in [0.15, 0.2) is 47.5 Å². The third kappa shape index (κ3) is 4.21. The highest BCUT2D eigenvalue weighted by atomic mass is 32.2. The number of carbonyl (C=O) groups excluding carboxylic acids is 2. The van der Waals surface area contributed by atoms with Crippen molar-refractivity contribution in [1.82, 2.24) is 15.3 Å². The summed E-state index contributed by atoms with van der Waals surface area (Å²) in [5.41, 5.74) is 4.15. The number of benzene rings is 1. The molecule has 2 saturated heterocycles. The van der Waals surface area contributed by atoms with Gasteiger partial charge in [0.05, 0.1) is 36.3 Å². The maximum absolute atomic E-state index is 12.5. The van der Waals surface area contributed by atoms with Crippen molar-refractivity contribution < 1.29 is 19.1 Å². The number of thioether (sulfide) groups is 1. The fourth-order valence-electron chi connectivity index (χ4n) is 4.54. The molecule has 6 rings (SSSR count). The van der Waals surface area contributed by atoms with Crippen molar-refractivity contribution in [2.45, 2.75) is 17.0 Å². The Hall–Kier alpha value is -3.57. The standard InChI is InChI=1S/C24H24N6O4S/c1-33-22-5-3-17-23(28-22)19(6-7-25-17)29-10-14(11-29)26-9-16-12-30(24(32)34-16)15-2-4-20-18(8-15)27-21(31)13-35-20/h2-8,14,16,26H,9-13H2,1H3,(H,27,31). The van der Waals surface area contributed by atoms with Crippen LogP contribution in [0.5, 0.6) is 5.88 Å². The Morgan fingerprint density at radius 2 is 2.09 bits per heavy atom. The molecular weight excluding hydrogens is 468 g/mol. The summed E-state index contributed by atoms with van der Waals surface area (Å²) in [4.78, 5) is 38.1. The van der Waals surface area contributed by atoms with Crippen molar-refractivity contribution in [3.05, 3.63) is 42.6 Å². The lowest BCUT2D eigenvalue weighted by atomic mass is 10.1. The van der Waals surface area contributed by atoms with Crippen molar-refractivity contribution in [3.63, 3.8) is 0 Å². The maximum atomic E-state index is 12.5. The Kier molecular flexibility index (Phi) is 5.57. The topological polar surface area (TPSA) is 109 Å². The lowest BCUT2D eigenvalue weighted by Gasteiger charge is -2.41. The molecule has 180 valence electrons. The fraction of sp³-hybridized carbons (Fsp3) is 0.333. The minimum absolute atomic E-state index is 0.0325. The first-order valence-corrected chi connectivity index (χ1v) is 12.4. The van der Waals surface area contributed by atoms with Gasteiger partial charge in [-0.2, -0.15) is 0 Å². The van der Waals surface area contributed by atoms with Crippen LogP contribution in [0.2, 0.25) is 0 Å². The molecule has 0 saturated carbocycles. The number of fused-ring (bicyclic) bond motifs is 2. The van der Waals surface area contributed by atoms with Gasteiger partial charge in [-0.15, -0.1) is 11.8 Å². The summed E-state index contributed by atoms with van der Waals surface area (Å²) in [6.45, 7) is 2.68. The van der Waals surface area contributed by atoms with Crippen molar-refractivity contribution in [3.8, 4) is 5.88 Å². The highest BCUT2D eigenvalue weighted by Crippen LogP contribution is 2.35. The highest BCUT2D eigenvalue weighted by Gasteiger charge is 2.35. The molecule has 0 spiro atoms. The Bertz CT molecular complexity index is 1310. The molecule has 2 fully saturated rings. The number of aromatic nitrogens is 2. The van der Waals surface area contributed by atoms with Gasteiger partial charge in [-0.05, 0) is 30.3 Å². The molecule has 2 N–H and O–H groups in total. The van der Waals surface area contributed by atoms with E-state index < -0.39 is 0 Å². The van der Waals surface area contributed by atoms with Crippen LogP contribution in [0.1, 0.15) is 0 Å². The van der Waals surface area contributed by atoms with Crippen LogP contribution in [0.4, 0.5) is 21.9 Å². The van der Waals surface area contributed by atoms with Crippen molar-refractivity contribution in [1.29, 1.82) is 0 Å². The van der Waals surface area contributed by atoms with E-state index >= 15 is 0 Å². The molecule has 35 heavy (non-hydrogen) atoms. The Morgan fingerprint density at radius 3 is 2.94 bits per heavy atom. The Labute approximate surface area is 206 Å². The van der Waals surface area contributed by atoms with Gasteiger partial charge in [-0.25, -0.2) is 9.78 Å². The average molecular weight is 493 g/mol. The third-order valence-corrected chi connectivity index (χ3v) is 7.46. The zero-order chi connectivity index (χ0) is 23.9. The van der Waals surface area contributed by atoms with Gasteiger partial charge in [0.25, 0.3) is 0 Å². The normalized spacial score (nSPS) is 19.9. The summed E-state index contributed by atoms with van der Waals surface area (Å²) in [6, 6.07) is 11.6. The molecule has 5 heterocycles. The van der Waals surface area contributed by atoms with Crippen molar-refractivity contribution in [2.24, 2.45) is 0 Å². The van der Waals surface area contributed by atoms with Crippen LogP contribution in [0.25, 0.3) is 11.0 Å². The smallest absolute Gasteiger partial charge is 0.414 e. The molecule has 1 aromatic carbocycles. The molecule has 1 unspecified atom stereocenters. The average Bonchev–Trinajstić information content (AvgIpc) is 3.22. The van der Waals surface area contributed by atoms with E-state index in [9.17, 15) is 9.59 Å². The fourth-order valence-corrected chi connectivity index (χ4v) is 5.33. The van der Waals surface area contributed by atoms with Gasteiger partial charge in [0.1, 0.15) is 11.6 Å². The maximum Gasteiger partial charge on any atom is 0.414 e. The van der Waals surface area contributed by atoms with Gasteiger partial charge in [-0.1, -0.05) is 0 Å². The summed E-state index contributed by atoms with van der Waals surface area (Å²) in [5, 5.41) is 6.38. The van der Waals surface area contributed by atoms with Gasteiger partial charge >= 0.3 is 6.09 Å². The van der Waals surface area contributed by atoms with Crippen LogP contribution in [-0.2, 0) is 9.53 Å². The predicted molar refractivity (Wildman–Crippen MR) is 134 cm³/mol. The summed E-state index contributed by atoms with van der Waals surface area (Å²) >= 11 is 1.50. The molecule has 3 aromatic rings. The molecular formula is C24H24N6O4S. The number of pyridine rings is 2. The van der Waals surface area contributed by atoms with E-state index in [1.165, 1.54) is 11.8 Å². The van der Waals surface area contributed by atoms with E-state index in [4.69, 9.17) is 9.47 Å². The number of cyclic esters (lactones) is 1. The van der Waals surface area contributed by atoms with E-state index in [1.807, 2.05) is 36.4 Å². The quantitative estimate of drug-likeness (QED) is 0.536. The Morgan fingerprint density at radius 1 is 1.20 bits per heavy atom. The zero-order valence-corrected chi connectivity index (χ0v) is 19.9. The van der Waals surface area contributed by atoms with Crippen LogP contribution in [0.3, 0.4) is 0 Å². The largest absolute Gasteiger partial charge is 0.481 e. The number of hydrogen-bond acceptors (Lipinski definition) is 9. The monoisotopic (exact) mass is 492 g/mol. The number of hydrogen-bond donors (Lipinski definition) is 2. The van der Waals surface area contributed by atoms with E-state index in [-0.39, 0.29) is 24.1 Å². The lowest BCUT2D eigenvalue weighted by Crippen LogP contribution is -2.59. The van der Waals surface area contributed by atoms with Gasteiger partial charge in [0.2, 0.25) is 11.8 Å². The van der Waals surface area contributed by atoms with Gasteiger partial charge in [0.15, 0.2) is 0 Å². The molecule has 3 aliphatic heterocycles. The van der Waals surface area contributed by atoms with E-state index in [2.05, 4.69) is 25.5 Å². The first-order chi connectivity index (χ1) is 17.1. The molecule has 11 heteroatoms. The van der Waals surface area contributed by atoms with Gasteiger partial charge in [0, 0.05) is 48.5 Å². The van der Waals surface area contributed by atoms with Crippen molar-refractivity contribution >= 4 is 51.9 Å². The predicted octanol–water partition coefficient (Wildman–Crippen LogP) is 2.49. The summed E-state index contributed by atoms with van der Waals surface area (Å²) in [5.74, 6) is 0.941. The number of carbonyl (C=O) groups is 2. The van der Waals surface area contributed by atoms with Crippen LogP contribution < -0.4 is 25.2 Å². The van der Waals surface area contributed by atoms with Gasteiger partial charge < -0.3 is 25.0 Å². The number of amides is 2. The molecule has 2 aromatic heterocycles. The number of ether oxygens (including phenoxy) is 2. The molecule has 2 amide bonds. The minimum atomic E-state index is -0.370. The number of nitrogens with zero attached hydrogens (tertiary/aromatic N) is 4. The zero-order valence-electron chi connectivity index (χ0n) is 19.1. The first kappa shape index (κ1) is 21.9. The minimum Gasteiger partial charge on any atom is -0.481 e. The van der Waals surface area contributed by atoms with E-state index in [0.29, 0.717) is 24.7 Å². The first-order valence-electron chi connectivity index (χ1n) is 11.4. The number of rotatable bonds is 6. The summed E-state index contributed by atoms with van der Waals surface area (Å²) < 4.78 is 10.9. The van der Waals surface area contributed by atoms with Crippen LogP contribution >= 0.6 is 11.8 Å². The molecule has 10 nitrogen and oxygen atoms in total. The lowest BCUT2D eigenvalue weighted by molar-refractivity contribution is -0.113. The third-order valence-electron chi connectivity index (χ3n) is 6.38. The van der Waals surface area contributed by atoms with E-state index in [0.717, 1.165) is 46.1 Å². The SMILES string of the molecule is COc1ccc2nccc(N3CC(NCC4CN(c5ccc6c(c5)NC(=O)CS6)C(=O)O4)C3)c2n1. The molecule has 3 aliphatic rings. The number of anilines is 3. The second-order valence-electron chi connectivity index (χ2n) is 8.70. The molecule has 0 aliphatic carbocycles. The molecule has 0 bridgehead atoms. The van der Waals surface area contributed by atoms with Gasteiger partial charge in [-0.3, -0.25) is 14.7 Å².